The molecule has 53 heavy (non-hydrogen) atoms. The number of rotatable bonds is 13. The normalized spacial score (nSPS) is 23.9. The molecule has 1 aliphatic heterocycles. The van der Waals surface area contributed by atoms with Gasteiger partial charge in [0.2, 0.25) is 23.6 Å². The molecule has 3 fully saturated rings. The molecule has 3 aromatic rings. The molecule has 6 atom stereocenters. The molecule has 0 radical (unpaired) electrons. The number of benzene rings is 2. The highest BCUT2D eigenvalue weighted by molar-refractivity contribution is 5.97. The Kier molecular flexibility index (Phi) is 11.3. The van der Waals surface area contributed by atoms with Crippen molar-refractivity contribution in [2.45, 2.75) is 109 Å². The minimum Gasteiger partial charge on any atom is -0.488 e. The summed E-state index contributed by atoms with van der Waals surface area (Å²) in [6, 6.07) is 16.3. The lowest BCUT2D eigenvalue weighted by molar-refractivity contribution is -0.146. The van der Waals surface area contributed by atoms with Crippen LogP contribution in [0, 0.1) is 17.8 Å². The number of aliphatic carboxylic acids is 1. The van der Waals surface area contributed by atoms with Gasteiger partial charge in [-0.25, -0.2) is 9.78 Å². The molecule has 2 aliphatic carbocycles. The third-order valence-corrected chi connectivity index (χ3v) is 11.2. The van der Waals surface area contributed by atoms with Crippen LogP contribution in [-0.2, 0) is 24.0 Å². The Bertz CT molecular complexity index is 1840. The summed E-state index contributed by atoms with van der Waals surface area (Å²) in [5.74, 6) is -2.98. The van der Waals surface area contributed by atoms with Gasteiger partial charge in [0.25, 0.3) is 0 Å². The summed E-state index contributed by atoms with van der Waals surface area (Å²) in [7, 11) is 0. The fourth-order valence-electron chi connectivity index (χ4n) is 8.17. The number of nitrogens with one attached hydrogen (secondary N) is 3. The second-order valence-electron chi connectivity index (χ2n) is 15.3. The van der Waals surface area contributed by atoms with Crippen molar-refractivity contribution in [3.8, 4) is 17.0 Å². The number of carboxylic acids is 1. The molecule has 0 bridgehead atoms. The number of amides is 4. The number of hydrogen-bond donors (Lipinski definition) is 4. The van der Waals surface area contributed by atoms with E-state index in [1.165, 1.54) is 11.8 Å². The average Bonchev–Trinajstić information content (AvgIpc) is 3.72. The highest BCUT2D eigenvalue weighted by Crippen LogP contribution is 2.46. The summed E-state index contributed by atoms with van der Waals surface area (Å²) >= 11 is 0. The van der Waals surface area contributed by atoms with Crippen LogP contribution in [0.15, 0.2) is 60.7 Å². The SMILES string of the molecule is CC[C@@H]1C[C@]1(NC(=O)[C@@H]1C[C@@H](Oc2cc(-c3ccccc3)nc3ccccc23)CN1C(=O)[C@@H](NC(=O)[C@@H](NC(C)=O)C1CCCCC1)C(C)C)C(=O)O. The maximum Gasteiger partial charge on any atom is 0.329 e. The van der Waals surface area contributed by atoms with Gasteiger partial charge in [-0.3, -0.25) is 19.2 Å². The molecular formula is C41H51N5O7. The number of pyridine rings is 1. The highest BCUT2D eigenvalue weighted by atomic mass is 16.5. The Morgan fingerprint density at radius 3 is 2.32 bits per heavy atom. The van der Waals surface area contributed by atoms with Crippen LogP contribution in [-0.4, -0.2) is 80.9 Å². The molecule has 12 nitrogen and oxygen atoms in total. The van der Waals surface area contributed by atoms with E-state index in [2.05, 4.69) is 16.0 Å². The van der Waals surface area contributed by atoms with Gasteiger partial charge in [-0.1, -0.05) is 88.9 Å². The first-order chi connectivity index (χ1) is 25.4. The molecule has 4 amide bonds. The van der Waals surface area contributed by atoms with E-state index in [0.29, 0.717) is 24.3 Å². The van der Waals surface area contributed by atoms with E-state index in [4.69, 9.17) is 9.72 Å². The van der Waals surface area contributed by atoms with E-state index in [0.717, 1.165) is 48.6 Å². The minimum atomic E-state index is -1.39. The number of carbonyl (C=O) groups is 5. The lowest BCUT2D eigenvalue weighted by Crippen LogP contribution is -2.60. The summed E-state index contributed by atoms with van der Waals surface area (Å²) in [6.45, 7) is 6.93. The molecule has 1 saturated heterocycles. The summed E-state index contributed by atoms with van der Waals surface area (Å²) < 4.78 is 6.66. The van der Waals surface area contributed by atoms with Gasteiger partial charge in [0.15, 0.2) is 0 Å². The highest BCUT2D eigenvalue weighted by Gasteiger charge is 2.61. The van der Waals surface area contributed by atoms with E-state index in [-0.39, 0.29) is 36.6 Å². The Morgan fingerprint density at radius 1 is 0.981 bits per heavy atom. The van der Waals surface area contributed by atoms with Crippen LogP contribution in [0.3, 0.4) is 0 Å². The van der Waals surface area contributed by atoms with Gasteiger partial charge in [0.05, 0.1) is 17.8 Å². The number of nitrogens with zero attached hydrogens (tertiary/aromatic N) is 2. The first kappa shape index (κ1) is 37.7. The van der Waals surface area contributed by atoms with Gasteiger partial charge in [-0.05, 0) is 49.1 Å². The van der Waals surface area contributed by atoms with Crippen LogP contribution in [0.4, 0.5) is 0 Å². The number of aromatic nitrogens is 1. The molecule has 4 N–H and O–H groups in total. The van der Waals surface area contributed by atoms with E-state index < -0.39 is 53.5 Å². The van der Waals surface area contributed by atoms with E-state index in [1.54, 1.807) is 0 Å². The predicted molar refractivity (Wildman–Crippen MR) is 200 cm³/mol. The second kappa shape index (κ2) is 15.9. The van der Waals surface area contributed by atoms with Crippen molar-refractivity contribution < 1.29 is 33.8 Å². The largest absolute Gasteiger partial charge is 0.488 e. The van der Waals surface area contributed by atoms with Crippen molar-refractivity contribution in [3.63, 3.8) is 0 Å². The lowest BCUT2D eigenvalue weighted by Gasteiger charge is -2.34. The number of carboxylic acid groups (broad SMARTS) is 1. The predicted octanol–water partition coefficient (Wildman–Crippen LogP) is 4.85. The Balaban J connectivity index is 1.30. The fraction of sp³-hybridized carbons (Fsp3) is 0.512. The molecule has 2 aromatic carbocycles. The van der Waals surface area contributed by atoms with Gasteiger partial charge in [0.1, 0.15) is 35.5 Å². The van der Waals surface area contributed by atoms with E-state index in [1.807, 2.05) is 81.4 Å². The number of ether oxygens (including phenoxy) is 1. The zero-order valence-corrected chi connectivity index (χ0v) is 31.0. The standard InChI is InChI=1S/C41H51N5O7/c1-5-28-22-41(28,40(51)52)45-37(48)33-20-29(53-34-21-32(26-14-8-6-9-15-26)43-31-19-13-12-18-30(31)34)23-46(33)39(50)35(24(2)3)44-38(49)36(42-25(4)47)27-16-10-7-11-17-27/h6,8-9,12-15,18-19,21,24,27-29,33,35-36H,5,7,10-11,16-17,20,22-23H2,1-4H3,(H,42,47)(H,44,49)(H,45,48)(H,51,52)/t28-,29-,33+,35+,36+,41-/m1/s1. The fourth-order valence-corrected chi connectivity index (χ4v) is 8.17. The molecule has 2 heterocycles. The summed E-state index contributed by atoms with van der Waals surface area (Å²) in [5, 5.41) is 19.5. The molecule has 3 aliphatic rings. The summed E-state index contributed by atoms with van der Waals surface area (Å²) in [4.78, 5) is 73.5. The van der Waals surface area contributed by atoms with Crippen molar-refractivity contribution in [1.82, 2.24) is 25.8 Å². The molecule has 6 rings (SSSR count). The number of fused-ring (bicyclic) bond motifs is 1. The Labute approximate surface area is 310 Å². The minimum absolute atomic E-state index is 0.0301. The van der Waals surface area contributed by atoms with Gasteiger partial charge in [-0.15, -0.1) is 0 Å². The van der Waals surface area contributed by atoms with Gasteiger partial charge in [-0.2, -0.15) is 0 Å². The van der Waals surface area contributed by atoms with Crippen molar-refractivity contribution in [2.75, 3.05) is 6.54 Å². The van der Waals surface area contributed by atoms with Crippen LogP contribution in [0.5, 0.6) is 5.75 Å². The average molecular weight is 726 g/mol. The second-order valence-corrected chi connectivity index (χ2v) is 15.3. The summed E-state index contributed by atoms with van der Waals surface area (Å²) in [5.41, 5.74) is 0.944. The maximum absolute atomic E-state index is 14.6. The van der Waals surface area contributed by atoms with E-state index >= 15 is 0 Å². The zero-order valence-electron chi connectivity index (χ0n) is 31.0. The Hall–Kier alpha value is -5.00. The molecule has 12 heteroatoms. The van der Waals surface area contributed by atoms with Crippen LogP contribution in [0.25, 0.3) is 22.2 Å². The first-order valence-electron chi connectivity index (χ1n) is 19.0. The molecule has 282 valence electrons. The number of carbonyl (C=O) groups excluding carboxylic acids is 4. The molecular weight excluding hydrogens is 674 g/mol. The van der Waals surface area contributed by atoms with Crippen molar-refractivity contribution in [2.24, 2.45) is 17.8 Å². The van der Waals surface area contributed by atoms with Crippen LogP contribution < -0.4 is 20.7 Å². The van der Waals surface area contributed by atoms with Crippen LogP contribution >= 0.6 is 0 Å². The number of hydrogen-bond acceptors (Lipinski definition) is 7. The quantitative estimate of drug-likeness (QED) is 0.194. The van der Waals surface area contributed by atoms with Crippen molar-refractivity contribution >= 4 is 40.5 Å². The summed E-state index contributed by atoms with van der Waals surface area (Å²) in [6.07, 6.45) is 4.96. The number of para-hydroxylation sites is 1. The molecule has 2 saturated carbocycles. The van der Waals surface area contributed by atoms with E-state index in [9.17, 15) is 29.1 Å². The van der Waals surface area contributed by atoms with Crippen LogP contribution in [0.1, 0.15) is 79.1 Å². The van der Waals surface area contributed by atoms with Crippen molar-refractivity contribution in [3.05, 3.63) is 60.7 Å². The zero-order chi connectivity index (χ0) is 37.9. The lowest BCUT2D eigenvalue weighted by atomic mass is 9.83. The van der Waals surface area contributed by atoms with Gasteiger partial charge < -0.3 is 30.7 Å². The molecule has 0 spiro atoms. The monoisotopic (exact) mass is 725 g/mol. The topological polar surface area (TPSA) is 167 Å². The third-order valence-electron chi connectivity index (χ3n) is 11.2. The van der Waals surface area contributed by atoms with Crippen LogP contribution in [0.2, 0.25) is 0 Å². The van der Waals surface area contributed by atoms with Gasteiger partial charge in [0, 0.05) is 30.4 Å². The maximum atomic E-state index is 14.6. The number of likely N-dealkylation sites (tertiary alicyclic amines) is 1. The molecule has 0 unspecified atom stereocenters. The Morgan fingerprint density at radius 2 is 1.68 bits per heavy atom. The van der Waals surface area contributed by atoms with Crippen molar-refractivity contribution in [1.29, 1.82) is 0 Å². The first-order valence-corrected chi connectivity index (χ1v) is 19.0. The molecule has 1 aromatic heterocycles. The third kappa shape index (κ3) is 8.16. The van der Waals surface area contributed by atoms with Gasteiger partial charge >= 0.3 is 5.97 Å². The smallest absolute Gasteiger partial charge is 0.329 e.